The predicted octanol–water partition coefficient (Wildman–Crippen LogP) is 2.86. The van der Waals surface area contributed by atoms with Crippen molar-refractivity contribution in [3.8, 4) is 0 Å². The molecule has 0 spiro atoms. The molecule has 2 rings (SSSR count). The minimum atomic E-state index is -0.579. The van der Waals surface area contributed by atoms with Gasteiger partial charge in [-0.05, 0) is 18.4 Å². The number of benzene rings is 1. The summed E-state index contributed by atoms with van der Waals surface area (Å²) in [4.78, 5) is 11.8. The Morgan fingerprint density at radius 2 is 1.88 bits per heavy atom. The van der Waals surface area contributed by atoms with E-state index >= 15 is 0 Å². The minimum Gasteiger partial charge on any atom is -0.467 e. The zero-order valence-corrected chi connectivity index (χ0v) is 10.1. The molecule has 1 unspecified atom stereocenters. The predicted molar refractivity (Wildman–Crippen MR) is 64.5 cm³/mol. The Bertz CT molecular complexity index is 355. The summed E-state index contributed by atoms with van der Waals surface area (Å²) in [6, 6.07) is 9.53. The first-order valence-electron chi connectivity index (χ1n) is 6.09. The molecular formula is C14H18O3. The Kier molecular flexibility index (Phi) is 4.15. The number of rotatable bonds is 4. The number of carbonyl (C=O) groups is 1. The van der Waals surface area contributed by atoms with Crippen LogP contribution < -0.4 is 0 Å². The Balaban J connectivity index is 2.10. The maximum absolute atomic E-state index is 11.8. The molecule has 1 aliphatic carbocycles. The van der Waals surface area contributed by atoms with Gasteiger partial charge in [0, 0.05) is 0 Å². The van der Waals surface area contributed by atoms with E-state index in [0.717, 1.165) is 18.4 Å². The van der Waals surface area contributed by atoms with Crippen molar-refractivity contribution < 1.29 is 14.3 Å². The first kappa shape index (κ1) is 12.1. The average molecular weight is 234 g/mol. The van der Waals surface area contributed by atoms with Crippen molar-refractivity contribution >= 4 is 5.97 Å². The van der Waals surface area contributed by atoms with Gasteiger partial charge in [0.1, 0.15) is 0 Å². The van der Waals surface area contributed by atoms with Crippen molar-refractivity contribution in [2.24, 2.45) is 0 Å². The molecule has 92 valence electrons. The number of hydrogen-bond donors (Lipinski definition) is 0. The molecule has 1 aromatic carbocycles. The second-order valence-electron chi connectivity index (χ2n) is 4.36. The molecular weight excluding hydrogens is 216 g/mol. The number of ether oxygens (including phenoxy) is 2. The van der Waals surface area contributed by atoms with Crippen LogP contribution in [0.15, 0.2) is 30.3 Å². The maximum Gasteiger partial charge on any atom is 0.339 e. The summed E-state index contributed by atoms with van der Waals surface area (Å²) < 4.78 is 10.7. The molecule has 0 saturated heterocycles. The molecule has 1 aromatic rings. The zero-order valence-electron chi connectivity index (χ0n) is 10.1. The van der Waals surface area contributed by atoms with Gasteiger partial charge in [-0.25, -0.2) is 4.79 Å². The molecule has 1 atom stereocenters. The fourth-order valence-corrected chi connectivity index (χ4v) is 2.22. The fraction of sp³-hybridized carbons (Fsp3) is 0.500. The first-order chi connectivity index (χ1) is 8.31. The van der Waals surface area contributed by atoms with Crippen LogP contribution in [0.25, 0.3) is 0 Å². The van der Waals surface area contributed by atoms with E-state index in [1.165, 1.54) is 20.0 Å². The second kappa shape index (κ2) is 5.82. The second-order valence-corrected chi connectivity index (χ2v) is 4.36. The van der Waals surface area contributed by atoms with Crippen molar-refractivity contribution in [3.05, 3.63) is 35.9 Å². The molecule has 17 heavy (non-hydrogen) atoms. The van der Waals surface area contributed by atoms with Crippen LogP contribution in [-0.2, 0) is 14.3 Å². The Labute approximate surface area is 102 Å². The van der Waals surface area contributed by atoms with Crippen LogP contribution >= 0.6 is 0 Å². The van der Waals surface area contributed by atoms with Gasteiger partial charge in [-0.1, -0.05) is 43.2 Å². The summed E-state index contributed by atoms with van der Waals surface area (Å²) in [5.41, 5.74) is 0.867. The SMILES string of the molecule is COC(=O)C(OC1CCCC1)c1ccccc1. The van der Waals surface area contributed by atoms with E-state index in [1.807, 2.05) is 30.3 Å². The summed E-state index contributed by atoms with van der Waals surface area (Å²) in [6.45, 7) is 0. The standard InChI is InChI=1S/C14H18O3/c1-16-14(15)13(11-7-3-2-4-8-11)17-12-9-5-6-10-12/h2-4,7-8,12-13H,5-6,9-10H2,1H3. The summed E-state index contributed by atoms with van der Waals surface area (Å²) in [6.07, 6.45) is 4.07. The van der Waals surface area contributed by atoms with Gasteiger partial charge in [0.05, 0.1) is 13.2 Å². The lowest BCUT2D eigenvalue weighted by Gasteiger charge is -2.20. The highest BCUT2D eigenvalue weighted by Gasteiger charge is 2.27. The van der Waals surface area contributed by atoms with Gasteiger partial charge >= 0.3 is 5.97 Å². The summed E-state index contributed by atoms with van der Waals surface area (Å²) in [5, 5.41) is 0. The van der Waals surface area contributed by atoms with Gasteiger partial charge in [0.15, 0.2) is 6.10 Å². The van der Waals surface area contributed by atoms with Crippen LogP contribution in [0, 0.1) is 0 Å². The van der Waals surface area contributed by atoms with Crippen LogP contribution in [0.5, 0.6) is 0 Å². The quantitative estimate of drug-likeness (QED) is 0.751. The zero-order chi connectivity index (χ0) is 12.1. The highest BCUT2D eigenvalue weighted by molar-refractivity contribution is 5.76. The molecule has 1 saturated carbocycles. The first-order valence-corrected chi connectivity index (χ1v) is 6.09. The molecule has 0 heterocycles. The number of carbonyl (C=O) groups excluding carboxylic acids is 1. The van der Waals surface area contributed by atoms with E-state index in [1.54, 1.807) is 0 Å². The van der Waals surface area contributed by atoms with Crippen molar-refractivity contribution in [3.63, 3.8) is 0 Å². The van der Waals surface area contributed by atoms with Gasteiger partial charge < -0.3 is 9.47 Å². The van der Waals surface area contributed by atoms with Crippen LogP contribution in [0.3, 0.4) is 0 Å². The van der Waals surface area contributed by atoms with Crippen LogP contribution in [-0.4, -0.2) is 19.2 Å². The van der Waals surface area contributed by atoms with Gasteiger partial charge in [0.2, 0.25) is 0 Å². The number of methoxy groups -OCH3 is 1. The average Bonchev–Trinajstić information content (AvgIpc) is 2.89. The molecule has 0 bridgehead atoms. The monoisotopic (exact) mass is 234 g/mol. The molecule has 3 nitrogen and oxygen atoms in total. The molecule has 1 aliphatic rings. The molecule has 0 aromatic heterocycles. The van der Waals surface area contributed by atoms with Crippen LogP contribution in [0.1, 0.15) is 37.4 Å². The van der Waals surface area contributed by atoms with Gasteiger partial charge in [0.25, 0.3) is 0 Å². The summed E-state index contributed by atoms with van der Waals surface area (Å²) in [7, 11) is 1.40. The van der Waals surface area contributed by atoms with E-state index in [0.29, 0.717) is 0 Å². The van der Waals surface area contributed by atoms with E-state index in [9.17, 15) is 4.79 Å². The fourth-order valence-electron chi connectivity index (χ4n) is 2.22. The largest absolute Gasteiger partial charge is 0.467 e. The number of hydrogen-bond acceptors (Lipinski definition) is 3. The van der Waals surface area contributed by atoms with Crippen molar-refractivity contribution in [1.29, 1.82) is 0 Å². The van der Waals surface area contributed by atoms with E-state index < -0.39 is 6.10 Å². The molecule has 3 heteroatoms. The summed E-state index contributed by atoms with van der Waals surface area (Å²) in [5.74, 6) is -0.317. The van der Waals surface area contributed by atoms with Gasteiger partial charge in [-0.15, -0.1) is 0 Å². The lowest BCUT2D eigenvalue weighted by Crippen LogP contribution is -2.22. The molecule has 0 N–H and O–H groups in total. The highest BCUT2D eigenvalue weighted by Crippen LogP contribution is 2.28. The Morgan fingerprint density at radius 1 is 1.24 bits per heavy atom. The third-order valence-electron chi connectivity index (χ3n) is 3.15. The van der Waals surface area contributed by atoms with Gasteiger partial charge in [-0.2, -0.15) is 0 Å². The maximum atomic E-state index is 11.8. The van der Waals surface area contributed by atoms with Crippen molar-refractivity contribution in [2.45, 2.75) is 37.9 Å². The number of esters is 1. The Hall–Kier alpha value is -1.35. The topological polar surface area (TPSA) is 35.5 Å². The van der Waals surface area contributed by atoms with E-state index in [4.69, 9.17) is 9.47 Å². The lowest BCUT2D eigenvalue weighted by molar-refractivity contribution is -0.158. The Morgan fingerprint density at radius 3 is 2.47 bits per heavy atom. The summed E-state index contributed by atoms with van der Waals surface area (Å²) >= 11 is 0. The van der Waals surface area contributed by atoms with E-state index in [2.05, 4.69) is 0 Å². The minimum absolute atomic E-state index is 0.194. The molecule has 1 fully saturated rings. The molecule has 0 amide bonds. The normalized spacial score (nSPS) is 17.9. The van der Waals surface area contributed by atoms with Crippen molar-refractivity contribution in [2.75, 3.05) is 7.11 Å². The smallest absolute Gasteiger partial charge is 0.339 e. The van der Waals surface area contributed by atoms with Crippen LogP contribution in [0.4, 0.5) is 0 Å². The lowest BCUT2D eigenvalue weighted by atomic mass is 10.1. The highest BCUT2D eigenvalue weighted by atomic mass is 16.6. The molecule has 0 aliphatic heterocycles. The molecule has 0 radical (unpaired) electrons. The van der Waals surface area contributed by atoms with Gasteiger partial charge in [-0.3, -0.25) is 0 Å². The van der Waals surface area contributed by atoms with Crippen molar-refractivity contribution in [1.82, 2.24) is 0 Å². The van der Waals surface area contributed by atoms with E-state index in [-0.39, 0.29) is 12.1 Å². The van der Waals surface area contributed by atoms with Crippen LogP contribution in [0.2, 0.25) is 0 Å². The third kappa shape index (κ3) is 3.07. The third-order valence-corrected chi connectivity index (χ3v) is 3.15.